The minimum Gasteiger partial charge on any atom is -0.358 e. The van der Waals surface area contributed by atoms with Gasteiger partial charge in [-0.15, -0.1) is 0 Å². The zero-order valence-corrected chi connectivity index (χ0v) is 8.21. The van der Waals surface area contributed by atoms with Crippen molar-refractivity contribution in [3.05, 3.63) is 17.7 Å². The first-order valence-corrected chi connectivity index (χ1v) is 4.75. The quantitative estimate of drug-likeness (QED) is 0.653. The van der Waals surface area contributed by atoms with E-state index >= 15 is 0 Å². The highest BCUT2D eigenvalue weighted by atomic mass is 16.1. The summed E-state index contributed by atoms with van der Waals surface area (Å²) in [6.07, 6.45) is 2.70. The van der Waals surface area contributed by atoms with Crippen LogP contribution in [0.5, 0.6) is 0 Å². The number of aromatic nitrogens is 2. The minimum absolute atomic E-state index is 0.00998. The van der Waals surface area contributed by atoms with Gasteiger partial charge >= 0.3 is 0 Å². The Kier molecular flexibility index (Phi) is 2.49. The molecule has 2 heterocycles. The Morgan fingerprint density at radius 3 is 3.43 bits per heavy atom. The zero-order chi connectivity index (χ0) is 9.97. The van der Waals surface area contributed by atoms with Gasteiger partial charge in [-0.2, -0.15) is 0 Å². The maximum atomic E-state index is 11.2. The fourth-order valence-electron chi connectivity index (χ4n) is 1.65. The van der Waals surface area contributed by atoms with Gasteiger partial charge in [-0.1, -0.05) is 0 Å². The molecule has 0 saturated heterocycles. The van der Waals surface area contributed by atoms with Crippen molar-refractivity contribution < 1.29 is 4.79 Å². The summed E-state index contributed by atoms with van der Waals surface area (Å²) in [5.74, 6) is 0.00998. The van der Waals surface area contributed by atoms with Crippen LogP contribution in [0.15, 0.2) is 6.33 Å². The fourth-order valence-corrected chi connectivity index (χ4v) is 1.65. The molecule has 1 amide bonds. The first kappa shape index (κ1) is 9.21. The van der Waals surface area contributed by atoms with Crippen LogP contribution in [0.2, 0.25) is 0 Å². The molecule has 0 aliphatic carbocycles. The topological polar surface area (TPSA) is 59.0 Å². The van der Waals surface area contributed by atoms with Crippen molar-refractivity contribution in [3.63, 3.8) is 0 Å². The van der Waals surface area contributed by atoms with E-state index in [9.17, 15) is 4.79 Å². The van der Waals surface area contributed by atoms with Crippen LogP contribution in [-0.4, -0.2) is 29.1 Å². The maximum Gasteiger partial charge on any atom is 0.239 e. The molecule has 1 aromatic heterocycles. The highest BCUT2D eigenvalue weighted by Crippen LogP contribution is 2.11. The minimum atomic E-state index is 0.00998. The summed E-state index contributed by atoms with van der Waals surface area (Å²) in [5.41, 5.74) is 2.26. The molecule has 1 aliphatic rings. The third-order valence-electron chi connectivity index (χ3n) is 2.46. The Balaban J connectivity index is 2.18. The lowest BCUT2D eigenvalue weighted by atomic mass is 10.2. The highest BCUT2D eigenvalue weighted by molar-refractivity contribution is 5.75. The SMILES string of the molecule is CNC(=O)Cn1cnc2c1CNCC2. The molecular weight excluding hydrogens is 180 g/mol. The maximum absolute atomic E-state index is 11.2. The van der Waals surface area contributed by atoms with E-state index in [4.69, 9.17) is 0 Å². The van der Waals surface area contributed by atoms with E-state index in [-0.39, 0.29) is 5.91 Å². The van der Waals surface area contributed by atoms with E-state index in [0.29, 0.717) is 6.54 Å². The van der Waals surface area contributed by atoms with Crippen LogP contribution in [0.25, 0.3) is 0 Å². The summed E-state index contributed by atoms with van der Waals surface area (Å²) in [4.78, 5) is 15.5. The van der Waals surface area contributed by atoms with Crippen LogP contribution in [0.3, 0.4) is 0 Å². The van der Waals surface area contributed by atoms with Crippen LogP contribution in [0.1, 0.15) is 11.4 Å². The van der Waals surface area contributed by atoms with Crippen LogP contribution in [0.4, 0.5) is 0 Å². The van der Waals surface area contributed by atoms with Crippen LogP contribution < -0.4 is 10.6 Å². The first-order chi connectivity index (χ1) is 6.81. The molecule has 0 aromatic carbocycles. The standard InChI is InChI=1S/C9H14N4O/c1-10-9(14)5-13-6-12-7-2-3-11-4-8(7)13/h6,11H,2-5H2,1H3,(H,10,14). The van der Waals surface area contributed by atoms with Crippen LogP contribution >= 0.6 is 0 Å². The van der Waals surface area contributed by atoms with Crippen molar-refractivity contribution in [3.8, 4) is 0 Å². The second kappa shape index (κ2) is 3.79. The molecule has 14 heavy (non-hydrogen) atoms. The van der Waals surface area contributed by atoms with E-state index in [1.807, 2.05) is 4.57 Å². The van der Waals surface area contributed by atoms with Gasteiger partial charge in [0.25, 0.3) is 0 Å². The number of fused-ring (bicyclic) bond motifs is 1. The van der Waals surface area contributed by atoms with Gasteiger partial charge in [-0.25, -0.2) is 4.98 Å². The number of nitrogens with one attached hydrogen (secondary N) is 2. The summed E-state index contributed by atoms with van der Waals surface area (Å²) in [5, 5.41) is 5.87. The Morgan fingerprint density at radius 1 is 1.79 bits per heavy atom. The number of nitrogens with zero attached hydrogens (tertiary/aromatic N) is 2. The van der Waals surface area contributed by atoms with Crippen LogP contribution in [0, 0.1) is 0 Å². The highest BCUT2D eigenvalue weighted by Gasteiger charge is 2.15. The van der Waals surface area contributed by atoms with Gasteiger partial charge in [0.05, 0.1) is 17.7 Å². The van der Waals surface area contributed by atoms with Gasteiger partial charge in [0, 0.05) is 26.6 Å². The van der Waals surface area contributed by atoms with Crippen molar-refractivity contribution in [2.75, 3.05) is 13.6 Å². The van der Waals surface area contributed by atoms with Crippen molar-refractivity contribution in [1.82, 2.24) is 20.2 Å². The van der Waals surface area contributed by atoms with Crippen molar-refractivity contribution >= 4 is 5.91 Å². The van der Waals surface area contributed by atoms with Crippen molar-refractivity contribution in [2.45, 2.75) is 19.5 Å². The molecule has 0 radical (unpaired) electrons. The van der Waals surface area contributed by atoms with Gasteiger partial charge in [0.15, 0.2) is 0 Å². The zero-order valence-electron chi connectivity index (χ0n) is 8.21. The number of carbonyl (C=O) groups excluding carboxylic acids is 1. The van der Waals surface area contributed by atoms with E-state index in [2.05, 4.69) is 15.6 Å². The smallest absolute Gasteiger partial charge is 0.239 e. The molecule has 0 spiro atoms. The third-order valence-corrected chi connectivity index (χ3v) is 2.46. The van der Waals surface area contributed by atoms with Crippen molar-refractivity contribution in [1.29, 1.82) is 0 Å². The number of rotatable bonds is 2. The average molecular weight is 194 g/mol. The summed E-state index contributed by atoms with van der Waals surface area (Å²) < 4.78 is 1.90. The molecule has 0 unspecified atom stereocenters. The van der Waals surface area contributed by atoms with Crippen LogP contribution in [-0.2, 0) is 24.3 Å². The molecule has 0 atom stereocenters. The summed E-state index contributed by atoms with van der Waals surface area (Å²) >= 11 is 0. The number of likely N-dealkylation sites (N-methyl/N-ethyl adjacent to an activating group) is 1. The first-order valence-electron chi connectivity index (χ1n) is 4.75. The van der Waals surface area contributed by atoms with Crippen molar-refractivity contribution in [2.24, 2.45) is 0 Å². The Morgan fingerprint density at radius 2 is 2.64 bits per heavy atom. The number of hydrogen-bond acceptors (Lipinski definition) is 3. The Labute approximate surface area is 82.5 Å². The van der Waals surface area contributed by atoms with E-state index < -0.39 is 0 Å². The van der Waals surface area contributed by atoms with E-state index in [1.54, 1.807) is 13.4 Å². The molecule has 2 N–H and O–H groups in total. The third kappa shape index (κ3) is 1.63. The van der Waals surface area contributed by atoms with Gasteiger partial charge < -0.3 is 15.2 Å². The molecule has 76 valence electrons. The average Bonchev–Trinajstić information content (AvgIpc) is 2.62. The number of imidazole rings is 1. The number of hydrogen-bond donors (Lipinski definition) is 2. The lowest BCUT2D eigenvalue weighted by Gasteiger charge is -2.14. The lowest BCUT2D eigenvalue weighted by Crippen LogP contribution is -2.28. The molecule has 5 heteroatoms. The number of carbonyl (C=O) groups is 1. The summed E-state index contributed by atoms with van der Waals surface area (Å²) in [6.45, 7) is 2.15. The molecule has 0 saturated carbocycles. The molecule has 0 bridgehead atoms. The summed E-state index contributed by atoms with van der Waals surface area (Å²) in [6, 6.07) is 0. The van der Waals surface area contributed by atoms with E-state index in [1.165, 1.54) is 0 Å². The predicted molar refractivity (Wildman–Crippen MR) is 51.7 cm³/mol. The van der Waals surface area contributed by atoms with Gasteiger partial charge in [-0.05, 0) is 0 Å². The second-order valence-electron chi connectivity index (χ2n) is 3.37. The largest absolute Gasteiger partial charge is 0.358 e. The fraction of sp³-hybridized carbons (Fsp3) is 0.556. The van der Waals surface area contributed by atoms with Gasteiger partial charge in [0.1, 0.15) is 6.54 Å². The Bertz CT molecular complexity index is 345. The molecular formula is C9H14N4O. The lowest BCUT2D eigenvalue weighted by molar-refractivity contribution is -0.121. The second-order valence-corrected chi connectivity index (χ2v) is 3.37. The molecule has 5 nitrogen and oxygen atoms in total. The monoisotopic (exact) mass is 194 g/mol. The van der Waals surface area contributed by atoms with E-state index in [0.717, 1.165) is 30.9 Å². The Hall–Kier alpha value is -1.36. The predicted octanol–water partition coefficient (Wildman–Crippen LogP) is -0.725. The normalized spacial score (nSPS) is 14.9. The molecule has 0 fully saturated rings. The summed E-state index contributed by atoms with van der Waals surface area (Å²) in [7, 11) is 1.64. The molecule has 1 aromatic rings. The van der Waals surface area contributed by atoms with Gasteiger partial charge in [0.2, 0.25) is 5.91 Å². The van der Waals surface area contributed by atoms with Gasteiger partial charge in [-0.3, -0.25) is 4.79 Å². The molecule has 1 aliphatic heterocycles. The number of amides is 1. The molecule has 2 rings (SSSR count).